The van der Waals surface area contributed by atoms with Crippen molar-refractivity contribution in [1.82, 2.24) is 0 Å². The van der Waals surface area contributed by atoms with Gasteiger partial charge in [-0.15, -0.1) is 0 Å². The molecule has 0 saturated carbocycles. The third-order valence-electron chi connectivity index (χ3n) is 1.85. The zero-order valence-electron chi connectivity index (χ0n) is 6.12. The van der Waals surface area contributed by atoms with E-state index in [9.17, 15) is 5.11 Å². The van der Waals surface area contributed by atoms with Crippen molar-refractivity contribution >= 4 is 0 Å². The lowest BCUT2D eigenvalue weighted by atomic mass is 9.90. The average molecular weight is 139 g/mol. The molecular weight excluding hydrogens is 126 g/mol. The van der Waals surface area contributed by atoms with Crippen LogP contribution in [0.25, 0.3) is 0 Å². The molecule has 0 spiro atoms. The van der Waals surface area contributed by atoms with Crippen LogP contribution in [0.15, 0.2) is 24.3 Å². The summed E-state index contributed by atoms with van der Waals surface area (Å²) in [5, 5.41) is 9.47. The van der Waals surface area contributed by atoms with Crippen molar-refractivity contribution in [3.8, 4) is 0 Å². The highest BCUT2D eigenvalue weighted by atomic mass is 16.3. The van der Waals surface area contributed by atoms with Crippen molar-refractivity contribution in [2.24, 2.45) is 11.7 Å². The Morgan fingerprint density at radius 1 is 1.60 bits per heavy atom. The minimum absolute atomic E-state index is 0.0671. The maximum Gasteiger partial charge on any atom is 0.139 e. The van der Waals surface area contributed by atoms with Crippen LogP contribution in [-0.2, 0) is 0 Å². The number of allylic oxidation sites excluding steroid dienone is 2. The van der Waals surface area contributed by atoms with Crippen molar-refractivity contribution in [2.75, 3.05) is 0 Å². The summed E-state index contributed by atoms with van der Waals surface area (Å²) >= 11 is 0. The Morgan fingerprint density at radius 2 is 2.30 bits per heavy atom. The largest absolute Gasteiger partial charge is 0.372 e. The first-order chi connectivity index (χ1) is 4.67. The van der Waals surface area contributed by atoms with Gasteiger partial charge in [0, 0.05) is 5.92 Å². The van der Waals surface area contributed by atoms with E-state index in [4.69, 9.17) is 5.73 Å². The highest BCUT2D eigenvalue weighted by molar-refractivity contribution is 5.19. The van der Waals surface area contributed by atoms with Crippen molar-refractivity contribution in [1.29, 1.82) is 0 Å². The van der Waals surface area contributed by atoms with E-state index in [0.717, 1.165) is 6.42 Å². The second-order valence-electron chi connectivity index (χ2n) is 2.65. The van der Waals surface area contributed by atoms with Crippen LogP contribution in [0.3, 0.4) is 0 Å². The Hall–Kier alpha value is -0.600. The van der Waals surface area contributed by atoms with Crippen molar-refractivity contribution < 1.29 is 5.11 Å². The molecule has 1 unspecified atom stereocenters. The molecule has 0 fully saturated rings. The fraction of sp³-hybridized carbons (Fsp3) is 0.500. The van der Waals surface area contributed by atoms with E-state index >= 15 is 0 Å². The Labute approximate surface area is 61.0 Å². The molecule has 2 nitrogen and oxygen atoms in total. The van der Waals surface area contributed by atoms with Gasteiger partial charge in [-0.2, -0.15) is 0 Å². The van der Waals surface area contributed by atoms with Gasteiger partial charge in [-0.1, -0.05) is 25.2 Å². The molecule has 1 rings (SSSR count). The molecule has 0 radical (unpaired) electrons. The molecule has 0 aromatic heterocycles. The number of rotatable bonds is 1. The van der Waals surface area contributed by atoms with Gasteiger partial charge in [-0.3, -0.25) is 5.73 Å². The van der Waals surface area contributed by atoms with Gasteiger partial charge in [-0.25, -0.2) is 0 Å². The number of nitrogens with two attached hydrogens (primary N) is 1. The molecule has 0 aromatic rings. The molecule has 0 aromatic carbocycles. The zero-order valence-corrected chi connectivity index (χ0v) is 6.12. The summed E-state index contributed by atoms with van der Waals surface area (Å²) in [5.41, 5.74) is 4.43. The Kier molecular flexibility index (Phi) is 1.92. The first-order valence-electron chi connectivity index (χ1n) is 3.54. The fourth-order valence-electron chi connectivity index (χ4n) is 1.15. The number of hydrogen-bond donors (Lipinski definition) is 2. The molecule has 2 atom stereocenters. The molecule has 0 bridgehead atoms. The summed E-state index contributed by atoms with van der Waals surface area (Å²) < 4.78 is 0. The van der Waals surface area contributed by atoms with Gasteiger partial charge in [0.1, 0.15) is 5.72 Å². The lowest BCUT2D eigenvalue weighted by Crippen LogP contribution is -2.45. The van der Waals surface area contributed by atoms with Crippen molar-refractivity contribution in [3.63, 3.8) is 0 Å². The van der Waals surface area contributed by atoms with Gasteiger partial charge in [-0.05, 0) is 12.5 Å². The first kappa shape index (κ1) is 7.51. The van der Waals surface area contributed by atoms with Crippen molar-refractivity contribution in [2.45, 2.75) is 19.1 Å². The second kappa shape index (κ2) is 2.56. The molecule has 0 heterocycles. The molecule has 3 N–H and O–H groups in total. The molecular formula is C8H13NO. The van der Waals surface area contributed by atoms with E-state index in [1.807, 2.05) is 19.1 Å². The number of aliphatic hydroxyl groups is 1. The summed E-state index contributed by atoms with van der Waals surface area (Å²) in [5.74, 6) is 0.0671. The van der Waals surface area contributed by atoms with Gasteiger partial charge in [0.05, 0.1) is 0 Å². The van der Waals surface area contributed by atoms with E-state index in [1.165, 1.54) is 0 Å². The predicted octanol–water partition coefficient (Wildman–Crippen LogP) is 0.786. The predicted molar refractivity (Wildman–Crippen MR) is 41.2 cm³/mol. The lowest BCUT2D eigenvalue weighted by molar-refractivity contribution is 0.0513. The summed E-state index contributed by atoms with van der Waals surface area (Å²) in [6, 6.07) is 0. The topological polar surface area (TPSA) is 46.2 Å². The molecule has 0 aliphatic heterocycles. The normalized spacial score (nSPS) is 38.5. The average Bonchev–Trinajstić information content (AvgIpc) is 1.87. The third kappa shape index (κ3) is 1.28. The number of hydrogen-bond acceptors (Lipinski definition) is 2. The van der Waals surface area contributed by atoms with E-state index in [1.54, 1.807) is 12.2 Å². The molecule has 1 aliphatic rings. The monoisotopic (exact) mass is 139 g/mol. The van der Waals surface area contributed by atoms with Gasteiger partial charge >= 0.3 is 0 Å². The van der Waals surface area contributed by atoms with Crippen LogP contribution in [0.1, 0.15) is 13.3 Å². The first-order valence-corrected chi connectivity index (χ1v) is 3.54. The smallest absolute Gasteiger partial charge is 0.139 e. The van der Waals surface area contributed by atoms with E-state index in [0.29, 0.717) is 0 Å². The second-order valence-corrected chi connectivity index (χ2v) is 2.65. The maximum absolute atomic E-state index is 9.47. The molecule has 56 valence electrons. The van der Waals surface area contributed by atoms with Crippen LogP contribution in [0.5, 0.6) is 0 Å². The van der Waals surface area contributed by atoms with Crippen molar-refractivity contribution in [3.05, 3.63) is 24.3 Å². The molecule has 1 aliphatic carbocycles. The van der Waals surface area contributed by atoms with Gasteiger partial charge < -0.3 is 5.11 Å². The highest BCUT2D eigenvalue weighted by Crippen LogP contribution is 2.21. The van der Waals surface area contributed by atoms with Crippen LogP contribution in [0, 0.1) is 5.92 Å². The van der Waals surface area contributed by atoms with E-state index in [2.05, 4.69) is 0 Å². The minimum atomic E-state index is -1.12. The van der Waals surface area contributed by atoms with E-state index in [-0.39, 0.29) is 5.92 Å². The summed E-state index contributed by atoms with van der Waals surface area (Å²) in [7, 11) is 0. The van der Waals surface area contributed by atoms with Gasteiger partial charge in [0.25, 0.3) is 0 Å². The van der Waals surface area contributed by atoms with E-state index < -0.39 is 5.72 Å². The maximum atomic E-state index is 9.47. The van der Waals surface area contributed by atoms with Gasteiger partial charge in [0.15, 0.2) is 0 Å². The van der Waals surface area contributed by atoms with Crippen LogP contribution in [0.2, 0.25) is 0 Å². The van der Waals surface area contributed by atoms with Crippen LogP contribution < -0.4 is 5.73 Å². The third-order valence-corrected chi connectivity index (χ3v) is 1.85. The quantitative estimate of drug-likeness (QED) is 0.527. The Bertz CT molecular complexity index is 170. The highest BCUT2D eigenvalue weighted by Gasteiger charge is 2.27. The fourth-order valence-corrected chi connectivity index (χ4v) is 1.15. The summed E-state index contributed by atoms with van der Waals surface area (Å²) in [6.45, 7) is 2.01. The van der Waals surface area contributed by atoms with Crippen LogP contribution in [0.4, 0.5) is 0 Å². The Morgan fingerprint density at radius 3 is 2.70 bits per heavy atom. The van der Waals surface area contributed by atoms with Crippen LogP contribution >= 0.6 is 0 Å². The minimum Gasteiger partial charge on any atom is -0.372 e. The SMILES string of the molecule is CC[C@H]1C=CC=CC1(N)O. The molecule has 10 heavy (non-hydrogen) atoms. The summed E-state index contributed by atoms with van der Waals surface area (Å²) in [4.78, 5) is 0. The zero-order chi connectivity index (χ0) is 7.61. The van der Waals surface area contributed by atoms with Crippen LogP contribution in [-0.4, -0.2) is 10.8 Å². The lowest BCUT2D eigenvalue weighted by Gasteiger charge is -2.28. The molecule has 0 saturated heterocycles. The summed E-state index contributed by atoms with van der Waals surface area (Å²) in [6.07, 6.45) is 8.11. The standard InChI is InChI=1S/C8H13NO/c1-2-7-5-3-4-6-8(7,9)10/h3-7,10H,2,9H2,1H3/t7-,8?/m0/s1. The molecule has 2 heteroatoms. The molecule has 0 amide bonds. The Balaban J connectivity index is 2.74. The van der Waals surface area contributed by atoms with Gasteiger partial charge in [0.2, 0.25) is 0 Å².